The van der Waals surface area contributed by atoms with Gasteiger partial charge < -0.3 is 19.7 Å². The van der Waals surface area contributed by atoms with Crippen LogP contribution < -0.4 is 19.7 Å². The minimum atomic E-state index is -0.279. The van der Waals surface area contributed by atoms with Gasteiger partial charge in [0.15, 0.2) is 11.5 Å². The summed E-state index contributed by atoms with van der Waals surface area (Å²) in [5, 5.41) is 2.93. The van der Waals surface area contributed by atoms with E-state index in [2.05, 4.69) is 10.2 Å². The number of benzene rings is 2. The zero-order valence-corrected chi connectivity index (χ0v) is 15.2. The average Bonchev–Trinajstić information content (AvgIpc) is 3.16. The lowest BCUT2D eigenvalue weighted by Gasteiger charge is -2.38. The van der Waals surface area contributed by atoms with Crippen LogP contribution in [0.4, 0.5) is 15.8 Å². The van der Waals surface area contributed by atoms with Crippen molar-refractivity contribution < 1.29 is 18.7 Å². The Kier molecular flexibility index (Phi) is 4.85. The molecule has 0 bridgehead atoms. The van der Waals surface area contributed by atoms with Gasteiger partial charge in [-0.25, -0.2) is 4.39 Å². The van der Waals surface area contributed by atoms with Gasteiger partial charge in [0.05, 0.1) is 11.7 Å². The van der Waals surface area contributed by atoms with Gasteiger partial charge in [-0.1, -0.05) is 12.1 Å². The monoisotopic (exact) mass is 371 g/mol. The summed E-state index contributed by atoms with van der Waals surface area (Å²) >= 11 is 0. The number of piperazine rings is 1. The van der Waals surface area contributed by atoms with Crippen molar-refractivity contribution in [1.29, 1.82) is 0 Å². The van der Waals surface area contributed by atoms with Gasteiger partial charge in [0.25, 0.3) is 0 Å². The lowest BCUT2D eigenvalue weighted by Crippen LogP contribution is -2.53. The molecule has 1 fully saturated rings. The number of amides is 1. The normalized spacial score (nSPS) is 17.6. The highest BCUT2D eigenvalue weighted by molar-refractivity contribution is 5.94. The van der Waals surface area contributed by atoms with Crippen molar-refractivity contribution in [2.45, 2.75) is 13.0 Å². The second kappa shape index (κ2) is 7.44. The predicted octanol–water partition coefficient (Wildman–Crippen LogP) is 2.70. The molecule has 0 aromatic heterocycles. The van der Waals surface area contributed by atoms with Crippen molar-refractivity contribution in [3.63, 3.8) is 0 Å². The topological polar surface area (TPSA) is 54.0 Å². The predicted molar refractivity (Wildman–Crippen MR) is 101 cm³/mol. The summed E-state index contributed by atoms with van der Waals surface area (Å²) in [6.45, 7) is 4.86. The van der Waals surface area contributed by atoms with Crippen LogP contribution in [0.5, 0.6) is 11.5 Å². The first-order valence-electron chi connectivity index (χ1n) is 9.06. The summed E-state index contributed by atoms with van der Waals surface area (Å²) in [4.78, 5) is 16.8. The van der Waals surface area contributed by atoms with Gasteiger partial charge in [-0.2, -0.15) is 0 Å². The molecule has 0 radical (unpaired) electrons. The molecule has 2 aromatic rings. The van der Waals surface area contributed by atoms with E-state index in [1.54, 1.807) is 30.3 Å². The zero-order valence-electron chi connectivity index (χ0n) is 15.2. The molecule has 27 heavy (non-hydrogen) atoms. The molecule has 2 aliphatic heterocycles. The highest BCUT2D eigenvalue weighted by Gasteiger charge is 2.27. The van der Waals surface area contributed by atoms with Crippen LogP contribution in [0.15, 0.2) is 42.5 Å². The third-order valence-corrected chi connectivity index (χ3v) is 5.07. The SMILES string of the molecule is C[C@H](C(=O)Nc1ccc2c(c1)OCO2)N1CCN(c2ccccc2F)CC1. The van der Waals surface area contributed by atoms with Gasteiger partial charge in [0, 0.05) is 37.9 Å². The summed E-state index contributed by atoms with van der Waals surface area (Å²) in [5.74, 6) is 1.04. The maximum atomic E-state index is 14.0. The van der Waals surface area contributed by atoms with E-state index in [0.29, 0.717) is 49.1 Å². The van der Waals surface area contributed by atoms with Gasteiger partial charge in [-0.05, 0) is 31.2 Å². The van der Waals surface area contributed by atoms with Crippen LogP contribution in [0, 0.1) is 5.82 Å². The smallest absolute Gasteiger partial charge is 0.241 e. The van der Waals surface area contributed by atoms with Crippen molar-refractivity contribution in [2.24, 2.45) is 0 Å². The number of carbonyl (C=O) groups excluding carboxylic acids is 1. The number of hydrogen-bond acceptors (Lipinski definition) is 5. The van der Waals surface area contributed by atoms with Crippen molar-refractivity contribution in [3.05, 3.63) is 48.3 Å². The Bertz CT molecular complexity index is 837. The summed E-state index contributed by atoms with van der Waals surface area (Å²) in [7, 11) is 0. The number of ether oxygens (including phenoxy) is 2. The molecule has 4 rings (SSSR count). The number of rotatable bonds is 4. The summed E-state index contributed by atoms with van der Waals surface area (Å²) in [6, 6.07) is 11.9. The van der Waals surface area contributed by atoms with E-state index in [9.17, 15) is 9.18 Å². The van der Waals surface area contributed by atoms with Gasteiger partial charge >= 0.3 is 0 Å². The second-order valence-electron chi connectivity index (χ2n) is 6.71. The third kappa shape index (κ3) is 3.68. The molecule has 7 heteroatoms. The average molecular weight is 371 g/mol. The van der Waals surface area contributed by atoms with Gasteiger partial charge in [0.1, 0.15) is 5.82 Å². The Morgan fingerprint density at radius 1 is 1.07 bits per heavy atom. The van der Waals surface area contributed by atoms with E-state index in [1.165, 1.54) is 6.07 Å². The lowest BCUT2D eigenvalue weighted by molar-refractivity contribution is -0.120. The van der Waals surface area contributed by atoms with Crippen LogP contribution in [0.25, 0.3) is 0 Å². The molecular formula is C20H22FN3O3. The molecule has 6 nitrogen and oxygen atoms in total. The lowest BCUT2D eigenvalue weighted by atomic mass is 10.2. The highest BCUT2D eigenvalue weighted by atomic mass is 19.1. The molecule has 1 saturated heterocycles. The quantitative estimate of drug-likeness (QED) is 0.896. The minimum absolute atomic E-state index is 0.0757. The number of hydrogen-bond donors (Lipinski definition) is 1. The highest BCUT2D eigenvalue weighted by Crippen LogP contribution is 2.34. The van der Waals surface area contributed by atoms with Crippen LogP contribution in [-0.2, 0) is 4.79 Å². The number of carbonyl (C=O) groups is 1. The Labute approximate surface area is 157 Å². The zero-order chi connectivity index (χ0) is 18.8. The number of halogens is 1. The van der Waals surface area contributed by atoms with Gasteiger partial charge in [-0.15, -0.1) is 0 Å². The minimum Gasteiger partial charge on any atom is -0.454 e. The molecule has 2 heterocycles. The summed E-state index contributed by atoms with van der Waals surface area (Å²) in [6.07, 6.45) is 0. The summed E-state index contributed by atoms with van der Waals surface area (Å²) in [5.41, 5.74) is 1.30. The molecule has 1 amide bonds. The first-order chi connectivity index (χ1) is 13.1. The van der Waals surface area contributed by atoms with Crippen molar-refractivity contribution in [3.8, 4) is 11.5 Å². The van der Waals surface area contributed by atoms with E-state index in [-0.39, 0.29) is 24.6 Å². The third-order valence-electron chi connectivity index (χ3n) is 5.07. The molecular weight excluding hydrogens is 349 g/mol. The number of fused-ring (bicyclic) bond motifs is 1. The fourth-order valence-corrected chi connectivity index (χ4v) is 3.45. The number of nitrogens with one attached hydrogen (secondary N) is 1. The molecule has 2 aliphatic rings. The van der Waals surface area contributed by atoms with Crippen LogP contribution in [-0.4, -0.2) is 49.8 Å². The Morgan fingerprint density at radius 2 is 1.81 bits per heavy atom. The number of anilines is 2. The fourth-order valence-electron chi connectivity index (χ4n) is 3.45. The van der Waals surface area contributed by atoms with Crippen molar-refractivity contribution in [2.75, 3.05) is 43.2 Å². The van der Waals surface area contributed by atoms with Gasteiger partial charge in [-0.3, -0.25) is 9.69 Å². The number of para-hydroxylation sites is 1. The molecule has 0 aliphatic carbocycles. The number of nitrogens with zero attached hydrogens (tertiary/aromatic N) is 2. The molecule has 0 unspecified atom stereocenters. The van der Waals surface area contributed by atoms with Crippen molar-refractivity contribution in [1.82, 2.24) is 4.90 Å². The molecule has 1 N–H and O–H groups in total. The van der Waals surface area contributed by atoms with Crippen LogP contribution in [0.3, 0.4) is 0 Å². The fraction of sp³-hybridized carbons (Fsp3) is 0.350. The van der Waals surface area contributed by atoms with E-state index in [1.807, 2.05) is 17.9 Å². The summed E-state index contributed by atoms with van der Waals surface area (Å²) < 4.78 is 24.6. The molecule has 0 saturated carbocycles. The van der Waals surface area contributed by atoms with E-state index in [0.717, 1.165) is 0 Å². The standard InChI is InChI=1S/C20H22FN3O3/c1-14(20(25)22-15-6-7-18-19(12-15)27-13-26-18)23-8-10-24(11-9-23)17-5-3-2-4-16(17)21/h2-7,12,14H,8-11,13H2,1H3,(H,22,25)/t14-/m1/s1. The largest absolute Gasteiger partial charge is 0.454 e. The Hall–Kier alpha value is -2.80. The van der Waals surface area contributed by atoms with Gasteiger partial charge in [0.2, 0.25) is 12.7 Å². The Balaban J connectivity index is 1.34. The first kappa shape index (κ1) is 17.6. The van der Waals surface area contributed by atoms with Crippen LogP contribution in [0.2, 0.25) is 0 Å². The van der Waals surface area contributed by atoms with E-state index >= 15 is 0 Å². The Morgan fingerprint density at radius 3 is 2.59 bits per heavy atom. The van der Waals surface area contributed by atoms with Crippen LogP contribution in [0.1, 0.15) is 6.92 Å². The second-order valence-corrected chi connectivity index (χ2v) is 6.71. The van der Waals surface area contributed by atoms with E-state index in [4.69, 9.17) is 9.47 Å². The molecule has 0 spiro atoms. The van der Waals surface area contributed by atoms with Crippen molar-refractivity contribution >= 4 is 17.3 Å². The molecule has 1 atom stereocenters. The van der Waals surface area contributed by atoms with Crippen LogP contribution >= 0.6 is 0 Å². The van der Waals surface area contributed by atoms with E-state index < -0.39 is 0 Å². The molecule has 142 valence electrons. The first-order valence-corrected chi connectivity index (χ1v) is 9.06. The maximum absolute atomic E-state index is 14.0. The maximum Gasteiger partial charge on any atom is 0.241 e. The molecule has 2 aromatic carbocycles.